The first-order valence-electron chi connectivity index (χ1n) is 12.0. The normalized spacial score (nSPS) is 14.2. The van der Waals surface area contributed by atoms with Crippen molar-refractivity contribution in [2.24, 2.45) is 0 Å². The number of thiazole rings is 1. The molecule has 11 heteroatoms. The number of halogens is 1. The summed E-state index contributed by atoms with van der Waals surface area (Å²) in [4.78, 5) is 26.9. The van der Waals surface area contributed by atoms with Gasteiger partial charge in [0.2, 0.25) is 5.88 Å². The highest BCUT2D eigenvalue weighted by Crippen LogP contribution is 2.43. The smallest absolute Gasteiger partial charge is 0.411 e. The molecule has 6 rings (SSSR count). The number of fused-ring (bicyclic) bond motifs is 4. The maximum Gasteiger partial charge on any atom is 0.411 e. The molecule has 5 aromatic rings. The minimum absolute atomic E-state index is 0.0363. The van der Waals surface area contributed by atoms with Crippen LogP contribution in [0.2, 0.25) is 0 Å². The Morgan fingerprint density at radius 1 is 1.28 bits per heavy atom. The third-order valence-corrected chi connectivity index (χ3v) is 7.67. The van der Waals surface area contributed by atoms with E-state index in [-0.39, 0.29) is 12.3 Å². The Kier molecular flexibility index (Phi) is 5.96. The van der Waals surface area contributed by atoms with Crippen molar-refractivity contribution in [1.82, 2.24) is 15.0 Å². The molecule has 0 aliphatic carbocycles. The SMILES string of the molecule is COc1cnc2c(-c3nc4cc(F)c5c(c4s3)CC(CN(C(=O)O)c3cccc(C#N)c3)O5)cc(C)cc2n1. The molecule has 0 fully saturated rings. The largest absolute Gasteiger partial charge is 0.485 e. The van der Waals surface area contributed by atoms with Crippen molar-refractivity contribution in [3.05, 3.63) is 71.2 Å². The Morgan fingerprint density at radius 2 is 2.13 bits per heavy atom. The molecule has 194 valence electrons. The first-order chi connectivity index (χ1) is 18.8. The standard InChI is InChI=1S/C28H20FN5O4S/c1-14-6-18(24-21(7-14)32-23(37-2)12-31-24)27-33-22-10-20(29)25-19(26(22)39-27)9-17(38-25)13-34(28(35)36)16-5-3-4-15(8-16)11-30/h3-8,10,12,17H,9,13H2,1-2H3,(H,35,36). The number of anilines is 1. The van der Waals surface area contributed by atoms with Crippen LogP contribution in [0.25, 0.3) is 31.8 Å². The summed E-state index contributed by atoms with van der Waals surface area (Å²) in [5, 5.41) is 19.7. The van der Waals surface area contributed by atoms with Crippen molar-refractivity contribution in [3.8, 4) is 28.3 Å². The second kappa shape index (κ2) is 9.49. The molecule has 9 nitrogen and oxygen atoms in total. The summed E-state index contributed by atoms with van der Waals surface area (Å²) in [6.07, 6.45) is 0.0357. The van der Waals surface area contributed by atoms with Gasteiger partial charge in [0.25, 0.3) is 0 Å². The summed E-state index contributed by atoms with van der Waals surface area (Å²) in [5.41, 5.74) is 4.89. The molecular weight excluding hydrogens is 521 g/mol. The van der Waals surface area contributed by atoms with Gasteiger partial charge in [0.15, 0.2) is 11.6 Å². The highest BCUT2D eigenvalue weighted by Gasteiger charge is 2.33. The van der Waals surface area contributed by atoms with Crippen molar-refractivity contribution < 1.29 is 23.8 Å². The minimum Gasteiger partial charge on any atom is -0.485 e. The van der Waals surface area contributed by atoms with E-state index in [2.05, 4.69) is 9.97 Å². The molecule has 0 saturated heterocycles. The van der Waals surface area contributed by atoms with E-state index in [0.717, 1.165) is 20.7 Å². The average Bonchev–Trinajstić information content (AvgIpc) is 3.55. The fourth-order valence-electron chi connectivity index (χ4n) is 4.79. The predicted molar refractivity (Wildman–Crippen MR) is 144 cm³/mol. The lowest BCUT2D eigenvalue weighted by molar-refractivity contribution is 0.190. The van der Waals surface area contributed by atoms with E-state index in [0.29, 0.717) is 50.7 Å². The average molecular weight is 542 g/mol. The minimum atomic E-state index is -1.19. The van der Waals surface area contributed by atoms with Gasteiger partial charge in [0, 0.05) is 29.3 Å². The van der Waals surface area contributed by atoms with Gasteiger partial charge in [-0.05, 0) is 42.8 Å². The zero-order valence-corrected chi connectivity index (χ0v) is 21.6. The first-order valence-corrected chi connectivity index (χ1v) is 12.8. The second-order valence-corrected chi connectivity index (χ2v) is 10.1. The lowest BCUT2D eigenvalue weighted by atomic mass is 10.1. The van der Waals surface area contributed by atoms with E-state index in [4.69, 9.17) is 14.5 Å². The number of benzene rings is 3. The Morgan fingerprint density at radius 3 is 2.90 bits per heavy atom. The Bertz CT molecular complexity index is 1830. The van der Waals surface area contributed by atoms with Gasteiger partial charge in [-0.25, -0.2) is 24.1 Å². The molecular formula is C28H20FN5O4S. The zero-order valence-electron chi connectivity index (χ0n) is 20.8. The number of hydrogen-bond donors (Lipinski definition) is 1. The topological polar surface area (TPSA) is 121 Å². The number of aryl methyl sites for hydroxylation is 1. The third-order valence-electron chi connectivity index (χ3n) is 6.51. The number of nitriles is 1. The highest BCUT2D eigenvalue weighted by molar-refractivity contribution is 7.22. The van der Waals surface area contributed by atoms with Gasteiger partial charge in [-0.2, -0.15) is 5.26 Å². The fraction of sp³-hybridized carbons (Fsp3) is 0.179. The second-order valence-electron chi connectivity index (χ2n) is 9.13. The number of aromatic nitrogens is 3. The summed E-state index contributed by atoms with van der Waals surface area (Å²) in [5.74, 6) is -0.0394. The van der Waals surface area contributed by atoms with Crippen LogP contribution in [0.15, 0.2) is 48.7 Å². The van der Waals surface area contributed by atoms with Crippen LogP contribution in [0.3, 0.4) is 0 Å². The van der Waals surface area contributed by atoms with E-state index >= 15 is 4.39 Å². The lowest BCUT2D eigenvalue weighted by Crippen LogP contribution is -2.38. The van der Waals surface area contributed by atoms with Crippen molar-refractivity contribution in [3.63, 3.8) is 0 Å². The van der Waals surface area contributed by atoms with Gasteiger partial charge in [0.1, 0.15) is 11.1 Å². The molecule has 1 aliphatic rings. The number of methoxy groups -OCH3 is 1. The van der Waals surface area contributed by atoms with E-state index in [1.807, 2.05) is 25.1 Å². The molecule has 1 N–H and O–H groups in total. The first kappa shape index (κ1) is 24.5. The Labute approximate surface area is 225 Å². The zero-order chi connectivity index (χ0) is 27.3. The monoisotopic (exact) mass is 541 g/mol. The van der Waals surface area contributed by atoms with Gasteiger partial charge in [-0.1, -0.05) is 6.07 Å². The van der Waals surface area contributed by atoms with E-state index in [9.17, 15) is 15.2 Å². The molecule has 0 radical (unpaired) electrons. The quantitative estimate of drug-likeness (QED) is 0.300. The summed E-state index contributed by atoms with van der Waals surface area (Å²) < 4.78 is 27.1. The van der Waals surface area contributed by atoms with Gasteiger partial charge in [0.05, 0.1) is 52.7 Å². The molecule has 3 aromatic carbocycles. The van der Waals surface area contributed by atoms with E-state index < -0.39 is 18.0 Å². The Hall–Kier alpha value is -4.82. The number of carbonyl (C=O) groups is 1. The molecule has 1 atom stereocenters. The summed E-state index contributed by atoms with van der Waals surface area (Å²) in [6, 6.07) is 13.6. The number of ether oxygens (including phenoxy) is 2. The maximum absolute atomic E-state index is 15.2. The maximum atomic E-state index is 15.2. The van der Waals surface area contributed by atoms with Crippen LogP contribution in [0.4, 0.5) is 14.9 Å². The Balaban J connectivity index is 1.37. The van der Waals surface area contributed by atoms with E-state index in [1.54, 1.807) is 24.4 Å². The van der Waals surface area contributed by atoms with Crippen LogP contribution in [0.1, 0.15) is 16.7 Å². The van der Waals surface area contributed by atoms with Gasteiger partial charge >= 0.3 is 6.09 Å². The van der Waals surface area contributed by atoms with Gasteiger partial charge in [-0.3, -0.25) is 4.90 Å². The predicted octanol–water partition coefficient (Wildman–Crippen LogP) is 5.72. The summed E-state index contributed by atoms with van der Waals surface area (Å²) in [6.45, 7) is 1.92. The van der Waals surface area contributed by atoms with Crippen molar-refractivity contribution in [2.45, 2.75) is 19.4 Å². The molecule has 3 heterocycles. The van der Waals surface area contributed by atoms with Crippen LogP contribution in [0.5, 0.6) is 11.6 Å². The molecule has 1 aliphatic heterocycles. The molecule has 2 aromatic heterocycles. The van der Waals surface area contributed by atoms with Crippen molar-refractivity contribution in [2.75, 3.05) is 18.6 Å². The highest BCUT2D eigenvalue weighted by atomic mass is 32.1. The number of nitrogens with zero attached hydrogens (tertiary/aromatic N) is 5. The third kappa shape index (κ3) is 4.34. The molecule has 0 spiro atoms. The molecule has 39 heavy (non-hydrogen) atoms. The number of hydrogen-bond acceptors (Lipinski definition) is 8. The van der Waals surface area contributed by atoms with Gasteiger partial charge < -0.3 is 14.6 Å². The van der Waals surface area contributed by atoms with Crippen LogP contribution in [-0.2, 0) is 6.42 Å². The molecule has 1 amide bonds. The number of carboxylic acid groups (broad SMARTS) is 1. The van der Waals surface area contributed by atoms with Crippen LogP contribution < -0.4 is 14.4 Å². The summed E-state index contributed by atoms with van der Waals surface area (Å²) in [7, 11) is 1.53. The summed E-state index contributed by atoms with van der Waals surface area (Å²) >= 11 is 1.40. The van der Waals surface area contributed by atoms with Gasteiger partial charge in [-0.15, -0.1) is 11.3 Å². The number of amides is 1. The van der Waals surface area contributed by atoms with Crippen molar-refractivity contribution in [1.29, 1.82) is 5.26 Å². The van der Waals surface area contributed by atoms with Crippen LogP contribution >= 0.6 is 11.3 Å². The van der Waals surface area contributed by atoms with Crippen molar-refractivity contribution >= 4 is 44.4 Å². The van der Waals surface area contributed by atoms with Crippen LogP contribution in [0, 0.1) is 24.1 Å². The van der Waals surface area contributed by atoms with E-state index in [1.165, 1.54) is 30.6 Å². The lowest BCUT2D eigenvalue weighted by Gasteiger charge is -2.22. The molecule has 0 saturated carbocycles. The molecule has 1 unspecified atom stereocenters. The number of rotatable bonds is 5. The fourth-order valence-corrected chi connectivity index (χ4v) is 5.91. The van der Waals surface area contributed by atoms with Crippen LogP contribution in [-0.4, -0.2) is 45.9 Å². The molecule has 0 bridgehead atoms.